The van der Waals surface area contributed by atoms with Crippen molar-refractivity contribution in [3.05, 3.63) is 0 Å². The molecule has 0 heterocycles. The van der Waals surface area contributed by atoms with Gasteiger partial charge in [0, 0.05) is 17.4 Å². The third kappa shape index (κ3) is 337. The maximum absolute atomic E-state index is 8.00. The van der Waals surface area contributed by atoms with Crippen molar-refractivity contribution in [2.45, 2.75) is 0 Å². The minimum Gasteiger partial charge on any atom is -0.307 e. The Morgan fingerprint density at radius 1 is 0.364 bits per heavy atom. The molecule has 0 saturated carbocycles. The van der Waals surface area contributed by atoms with E-state index in [1.165, 1.54) is 0 Å². The number of rotatable bonds is 0. The van der Waals surface area contributed by atoms with Crippen molar-refractivity contribution in [1.29, 1.82) is 0 Å². The van der Waals surface area contributed by atoms with Crippen LogP contribution in [0.25, 0.3) is 0 Å². The van der Waals surface area contributed by atoms with Gasteiger partial charge in [-0.1, -0.05) is 0 Å². The summed E-state index contributed by atoms with van der Waals surface area (Å²) in [6.45, 7) is 10.0. The average Bonchev–Trinajstić information content (AvgIpc) is 2.20. The molecule has 0 unspecified atom stereocenters. The normalized spacial score (nSPS) is 1.82. The molecule has 11 heavy (non-hydrogen) atoms. The molecule has 0 saturated heterocycles. The van der Waals surface area contributed by atoms with Gasteiger partial charge in [-0.05, 0) is 0 Å². The van der Waals surface area contributed by atoms with Crippen LogP contribution in [0, 0.1) is 0 Å². The first-order valence-corrected chi connectivity index (χ1v) is 1.44. The Bertz CT molecular complexity index is 26.4. The van der Waals surface area contributed by atoms with E-state index in [2.05, 4.69) is 0 Å². The van der Waals surface area contributed by atoms with Gasteiger partial charge in [-0.15, -0.1) is 0 Å². The molecule has 5 nitrogen and oxygen atoms in total. The molecule has 0 atom stereocenters. The second-order valence-corrected chi connectivity index (χ2v) is 0. The standard InChI is InChI=1S/5CH2O.Cr/c5*1-2;/h5*1H2;. The summed E-state index contributed by atoms with van der Waals surface area (Å²) in [7, 11) is 0. The molecule has 0 N–H and O–H groups in total. The zero-order valence-corrected chi connectivity index (χ0v) is 7.26. The van der Waals surface area contributed by atoms with Crippen molar-refractivity contribution in [3.8, 4) is 0 Å². The van der Waals surface area contributed by atoms with Crippen molar-refractivity contribution in [2.75, 3.05) is 0 Å². The summed E-state index contributed by atoms with van der Waals surface area (Å²) in [5, 5.41) is 0. The van der Waals surface area contributed by atoms with Crippen molar-refractivity contribution >= 4 is 33.9 Å². The van der Waals surface area contributed by atoms with Gasteiger partial charge in [-0.2, -0.15) is 0 Å². The smallest absolute Gasteiger partial charge is 0.106 e. The fourth-order valence-electron chi connectivity index (χ4n) is 0. The minimum absolute atomic E-state index is 0. The molecule has 6 heteroatoms. The Balaban J connectivity index is -0.00000000694. The van der Waals surface area contributed by atoms with E-state index in [0.29, 0.717) is 0 Å². The SMILES string of the molecule is C=O.C=O.C=O.C=O.C=O.[Cr]. The Morgan fingerprint density at radius 2 is 0.364 bits per heavy atom. The van der Waals surface area contributed by atoms with Gasteiger partial charge in [0.1, 0.15) is 33.9 Å². The van der Waals surface area contributed by atoms with Gasteiger partial charge in [-0.3, -0.25) is 0 Å². The Kier molecular flexibility index (Phi) is 2080. The molecule has 0 aliphatic carbocycles. The molecule has 0 aliphatic heterocycles. The maximum atomic E-state index is 8.00. The molecule has 66 valence electrons. The fraction of sp³-hybridized carbons (Fsp3) is 0. The molecule has 0 radical (unpaired) electrons. The third-order valence-electron chi connectivity index (χ3n) is 0. The summed E-state index contributed by atoms with van der Waals surface area (Å²) in [5.41, 5.74) is 0. The van der Waals surface area contributed by atoms with Gasteiger partial charge in [0.2, 0.25) is 0 Å². The van der Waals surface area contributed by atoms with Crippen LogP contribution in [0.15, 0.2) is 0 Å². The molecule has 0 bridgehead atoms. The zero-order valence-electron chi connectivity index (χ0n) is 5.99. The summed E-state index contributed by atoms with van der Waals surface area (Å²) in [4.78, 5) is 40.0. The topological polar surface area (TPSA) is 85.3 Å². The van der Waals surface area contributed by atoms with Crippen LogP contribution in [-0.4, -0.2) is 33.9 Å². The van der Waals surface area contributed by atoms with Crippen LogP contribution in [0.3, 0.4) is 0 Å². The molecular weight excluding hydrogens is 192 g/mol. The summed E-state index contributed by atoms with van der Waals surface area (Å²) >= 11 is 0. The van der Waals surface area contributed by atoms with Crippen LogP contribution in [0.5, 0.6) is 0 Å². The molecule has 0 rings (SSSR count). The van der Waals surface area contributed by atoms with Crippen molar-refractivity contribution in [1.82, 2.24) is 0 Å². The van der Waals surface area contributed by atoms with Gasteiger partial charge in [0.25, 0.3) is 0 Å². The Hall–Kier alpha value is -1.12. The van der Waals surface area contributed by atoms with E-state index in [1.807, 2.05) is 33.9 Å². The quantitative estimate of drug-likeness (QED) is 0.506. The number of carbonyl (C=O) groups is 5. The Morgan fingerprint density at radius 3 is 0.364 bits per heavy atom. The van der Waals surface area contributed by atoms with E-state index in [4.69, 9.17) is 24.0 Å². The van der Waals surface area contributed by atoms with Crippen molar-refractivity contribution in [2.24, 2.45) is 0 Å². The number of carbonyl (C=O) groups excluding carboxylic acids is 5. The summed E-state index contributed by atoms with van der Waals surface area (Å²) < 4.78 is 0. The molecule has 0 aromatic carbocycles. The maximum Gasteiger partial charge on any atom is 0.106 e. The van der Waals surface area contributed by atoms with Gasteiger partial charge < -0.3 is 24.0 Å². The molecule has 0 aliphatic rings. The first kappa shape index (κ1) is 51.7. The predicted molar refractivity (Wildman–Crippen MR) is 35.6 cm³/mol. The molecule has 0 aromatic heterocycles. The van der Waals surface area contributed by atoms with Crippen molar-refractivity contribution in [3.63, 3.8) is 0 Å². The molecular formula is C5H10CrO5. The van der Waals surface area contributed by atoms with E-state index in [0.717, 1.165) is 0 Å². The van der Waals surface area contributed by atoms with E-state index < -0.39 is 0 Å². The first-order chi connectivity index (χ1) is 5.00. The van der Waals surface area contributed by atoms with Gasteiger partial charge in [-0.25, -0.2) is 0 Å². The second kappa shape index (κ2) is 442. The van der Waals surface area contributed by atoms with Crippen LogP contribution in [0.1, 0.15) is 0 Å². The van der Waals surface area contributed by atoms with E-state index in [-0.39, 0.29) is 17.4 Å². The Labute approximate surface area is 75.9 Å². The van der Waals surface area contributed by atoms with E-state index in [9.17, 15) is 0 Å². The predicted octanol–water partition coefficient (Wildman–Crippen LogP) is -0.927. The van der Waals surface area contributed by atoms with Gasteiger partial charge in [0.15, 0.2) is 0 Å². The summed E-state index contributed by atoms with van der Waals surface area (Å²) in [5.74, 6) is 0. The summed E-state index contributed by atoms with van der Waals surface area (Å²) in [6.07, 6.45) is 0. The third-order valence-corrected chi connectivity index (χ3v) is 0. The number of hydrogen-bond acceptors (Lipinski definition) is 5. The molecule has 0 fully saturated rings. The van der Waals surface area contributed by atoms with Gasteiger partial charge >= 0.3 is 0 Å². The average molecular weight is 202 g/mol. The zero-order chi connectivity index (χ0) is 10.0. The van der Waals surface area contributed by atoms with Crippen LogP contribution in [0.4, 0.5) is 0 Å². The van der Waals surface area contributed by atoms with Gasteiger partial charge in [0.05, 0.1) is 0 Å². The first-order valence-electron chi connectivity index (χ1n) is 1.44. The molecule has 0 spiro atoms. The second-order valence-electron chi connectivity index (χ2n) is 0. The van der Waals surface area contributed by atoms with Crippen LogP contribution in [0.2, 0.25) is 0 Å². The van der Waals surface area contributed by atoms with Crippen molar-refractivity contribution < 1.29 is 41.3 Å². The minimum atomic E-state index is 0. The van der Waals surface area contributed by atoms with Crippen LogP contribution >= 0.6 is 0 Å². The monoisotopic (exact) mass is 202 g/mol. The fourth-order valence-corrected chi connectivity index (χ4v) is 0. The van der Waals surface area contributed by atoms with Crippen LogP contribution < -0.4 is 0 Å². The molecule has 0 amide bonds. The van der Waals surface area contributed by atoms with Crippen LogP contribution in [-0.2, 0) is 41.3 Å². The molecule has 0 aromatic rings. The number of hydrogen-bond donors (Lipinski definition) is 0. The largest absolute Gasteiger partial charge is 0.307 e. The van der Waals surface area contributed by atoms with E-state index >= 15 is 0 Å². The summed E-state index contributed by atoms with van der Waals surface area (Å²) in [6, 6.07) is 0. The van der Waals surface area contributed by atoms with E-state index in [1.54, 1.807) is 0 Å².